The number of hydrogen-bond acceptors (Lipinski definition) is 3. The van der Waals surface area contributed by atoms with Crippen molar-refractivity contribution in [1.29, 1.82) is 0 Å². The zero-order valence-corrected chi connectivity index (χ0v) is 13.6. The minimum atomic E-state index is 0.261. The standard InChI is InChI=1S/C16H24N2OS/c1-10-9-13(14(15(17)20)11(2)18-10)19-12-5-7-16(3,4)8-6-12/h9,12H,5-8H2,1-4H3,(H2,17,20). The molecule has 1 aliphatic rings. The summed E-state index contributed by atoms with van der Waals surface area (Å²) in [6, 6.07) is 1.95. The van der Waals surface area contributed by atoms with Crippen molar-refractivity contribution in [2.24, 2.45) is 11.1 Å². The first-order valence-corrected chi connectivity index (χ1v) is 7.64. The van der Waals surface area contributed by atoms with Gasteiger partial charge in [0.15, 0.2) is 0 Å². The first-order valence-electron chi connectivity index (χ1n) is 7.23. The van der Waals surface area contributed by atoms with Gasteiger partial charge < -0.3 is 10.5 Å². The van der Waals surface area contributed by atoms with E-state index in [9.17, 15) is 0 Å². The molecule has 1 aromatic heterocycles. The summed E-state index contributed by atoms with van der Waals surface area (Å²) in [5.41, 5.74) is 8.84. The second-order valence-electron chi connectivity index (χ2n) is 6.57. The summed E-state index contributed by atoms with van der Waals surface area (Å²) < 4.78 is 6.20. The molecule has 1 aliphatic carbocycles. The number of nitrogens with zero attached hydrogens (tertiary/aromatic N) is 1. The lowest BCUT2D eigenvalue weighted by Crippen LogP contribution is -2.29. The molecule has 4 heteroatoms. The summed E-state index contributed by atoms with van der Waals surface area (Å²) >= 11 is 5.14. The second kappa shape index (κ2) is 5.68. The molecule has 110 valence electrons. The molecule has 2 rings (SSSR count). The van der Waals surface area contributed by atoms with Crippen LogP contribution in [0.5, 0.6) is 5.75 Å². The van der Waals surface area contributed by atoms with E-state index in [0.29, 0.717) is 10.4 Å². The van der Waals surface area contributed by atoms with Gasteiger partial charge in [0.25, 0.3) is 0 Å². The lowest BCUT2D eigenvalue weighted by atomic mass is 9.76. The van der Waals surface area contributed by atoms with Crippen LogP contribution in [0.25, 0.3) is 0 Å². The predicted octanol–water partition coefficient (Wildman–Crippen LogP) is 3.68. The molecule has 0 unspecified atom stereocenters. The number of pyridine rings is 1. The Morgan fingerprint density at radius 1 is 1.35 bits per heavy atom. The van der Waals surface area contributed by atoms with Crippen molar-refractivity contribution in [2.75, 3.05) is 0 Å². The lowest BCUT2D eigenvalue weighted by Gasteiger charge is -2.34. The van der Waals surface area contributed by atoms with Gasteiger partial charge in [-0.1, -0.05) is 26.1 Å². The van der Waals surface area contributed by atoms with E-state index < -0.39 is 0 Å². The van der Waals surface area contributed by atoms with Crippen molar-refractivity contribution in [3.8, 4) is 5.75 Å². The van der Waals surface area contributed by atoms with Crippen LogP contribution in [0.3, 0.4) is 0 Å². The van der Waals surface area contributed by atoms with Gasteiger partial charge in [-0.2, -0.15) is 0 Å². The molecule has 1 fully saturated rings. The van der Waals surface area contributed by atoms with Gasteiger partial charge in [-0.05, 0) is 44.9 Å². The normalized spacial score (nSPS) is 18.8. The summed E-state index contributed by atoms with van der Waals surface area (Å²) in [5.74, 6) is 0.798. The van der Waals surface area contributed by atoms with Crippen LogP contribution in [-0.4, -0.2) is 16.1 Å². The Balaban J connectivity index is 2.19. The molecule has 0 aliphatic heterocycles. The zero-order valence-electron chi connectivity index (χ0n) is 12.8. The Labute approximate surface area is 126 Å². The molecule has 0 bridgehead atoms. The molecule has 0 spiro atoms. The van der Waals surface area contributed by atoms with E-state index in [1.54, 1.807) is 0 Å². The summed E-state index contributed by atoms with van der Waals surface area (Å²) in [6.07, 6.45) is 4.83. The molecule has 2 N–H and O–H groups in total. The van der Waals surface area contributed by atoms with E-state index in [1.807, 2.05) is 19.9 Å². The summed E-state index contributed by atoms with van der Waals surface area (Å²) in [4.78, 5) is 4.79. The highest BCUT2D eigenvalue weighted by atomic mass is 32.1. The van der Waals surface area contributed by atoms with E-state index >= 15 is 0 Å². The number of thiocarbonyl (C=S) groups is 1. The molecule has 20 heavy (non-hydrogen) atoms. The van der Waals surface area contributed by atoms with Crippen molar-refractivity contribution in [3.05, 3.63) is 23.0 Å². The molecule has 1 heterocycles. The number of nitrogens with two attached hydrogens (primary N) is 1. The van der Waals surface area contributed by atoms with Gasteiger partial charge >= 0.3 is 0 Å². The second-order valence-corrected chi connectivity index (χ2v) is 7.01. The molecule has 1 aromatic rings. The van der Waals surface area contributed by atoms with Crippen molar-refractivity contribution < 1.29 is 4.74 Å². The van der Waals surface area contributed by atoms with Crippen LogP contribution in [0.2, 0.25) is 0 Å². The Kier molecular flexibility index (Phi) is 4.33. The van der Waals surface area contributed by atoms with E-state index in [1.165, 1.54) is 12.8 Å². The van der Waals surface area contributed by atoms with Crippen molar-refractivity contribution in [3.63, 3.8) is 0 Å². The van der Waals surface area contributed by atoms with E-state index in [4.69, 9.17) is 22.7 Å². The van der Waals surface area contributed by atoms with Crippen LogP contribution in [-0.2, 0) is 0 Å². The Morgan fingerprint density at radius 2 is 1.95 bits per heavy atom. The maximum Gasteiger partial charge on any atom is 0.133 e. The van der Waals surface area contributed by atoms with Crippen LogP contribution >= 0.6 is 12.2 Å². The highest BCUT2D eigenvalue weighted by Crippen LogP contribution is 2.37. The first kappa shape index (κ1) is 15.2. The van der Waals surface area contributed by atoms with Crippen LogP contribution in [0.1, 0.15) is 56.5 Å². The van der Waals surface area contributed by atoms with Crippen molar-refractivity contribution in [2.45, 2.75) is 59.5 Å². The van der Waals surface area contributed by atoms with Crippen molar-refractivity contribution >= 4 is 17.2 Å². The van der Waals surface area contributed by atoms with Crippen molar-refractivity contribution in [1.82, 2.24) is 4.98 Å². The Morgan fingerprint density at radius 3 is 2.50 bits per heavy atom. The van der Waals surface area contributed by atoms with Gasteiger partial charge in [-0.3, -0.25) is 4.98 Å². The third-order valence-corrected chi connectivity index (χ3v) is 4.32. The fourth-order valence-electron chi connectivity index (χ4n) is 2.86. The number of rotatable bonds is 3. The largest absolute Gasteiger partial charge is 0.490 e. The molecular weight excluding hydrogens is 268 g/mol. The molecule has 0 radical (unpaired) electrons. The summed E-state index contributed by atoms with van der Waals surface area (Å²) in [6.45, 7) is 8.54. The SMILES string of the molecule is Cc1cc(OC2CCC(C)(C)CC2)c(C(N)=S)c(C)n1. The molecule has 3 nitrogen and oxygen atoms in total. The van der Waals surface area contributed by atoms with Crippen LogP contribution in [0.15, 0.2) is 6.07 Å². The average molecular weight is 292 g/mol. The summed E-state index contributed by atoms with van der Waals surface area (Å²) in [7, 11) is 0. The number of aromatic nitrogens is 1. The minimum absolute atomic E-state index is 0.261. The smallest absolute Gasteiger partial charge is 0.133 e. The van der Waals surface area contributed by atoms with Gasteiger partial charge in [0.05, 0.1) is 17.4 Å². The van der Waals surface area contributed by atoms with E-state index in [-0.39, 0.29) is 6.10 Å². The maximum atomic E-state index is 6.20. The monoisotopic (exact) mass is 292 g/mol. The third kappa shape index (κ3) is 3.48. The summed E-state index contributed by atoms with van der Waals surface area (Å²) in [5, 5.41) is 0. The Bertz CT molecular complexity index is 515. The lowest BCUT2D eigenvalue weighted by molar-refractivity contribution is 0.0984. The maximum absolute atomic E-state index is 6.20. The first-order chi connectivity index (χ1) is 9.28. The van der Waals surface area contributed by atoms with Crippen LogP contribution in [0.4, 0.5) is 0 Å². The predicted molar refractivity (Wildman–Crippen MR) is 86.3 cm³/mol. The molecule has 1 saturated carbocycles. The Hall–Kier alpha value is -1.16. The fraction of sp³-hybridized carbons (Fsp3) is 0.625. The molecule has 0 atom stereocenters. The van der Waals surface area contributed by atoms with Gasteiger partial charge in [-0.15, -0.1) is 0 Å². The van der Waals surface area contributed by atoms with Gasteiger partial charge in [0, 0.05) is 11.8 Å². The number of ether oxygens (including phenoxy) is 1. The van der Waals surface area contributed by atoms with Gasteiger partial charge in [-0.25, -0.2) is 0 Å². The fourth-order valence-corrected chi connectivity index (χ4v) is 3.10. The molecule has 0 saturated heterocycles. The average Bonchev–Trinajstić information content (AvgIpc) is 2.30. The minimum Gasteiger partial charge on any atom is -0.490 e. The highest BCUT2D eigenvalue weighted by Gasteiger charge is 2.28. The number of aryl methyl sites for hydroxylation is 2. The molecular formula is C16H24N2OS. The molecule has 0 aromatic carbocycles. The third-order valence-electron chi connectivity index (χ3n) is 4.12. The van der Waals surface area contributed by atoms with E-state index in [0.717, 1.165) is 35.5 Å². The van der Waals surface area contributed by atoms with Gasteiger partial charge in [0.1, 0.15) is 10.7 Å². The van der Waals surface area contributed by atoms with Crippen LogP contribution < -0.4 is 10.5 Å². The topological polar surface area (TPSA) is 48.1 Å². The molecule has 0 amide bonds. The van der Waals surface area contributed by atoms with Gasteiger partial charge in [0.2, 0.25) is 0 Å². The highest BCUT2D eigenvalue weighted by molar-refractivity contribution is 7.80. The zero-order chi connectivity index (χ0) is 14.9. The van der Waals surface area contributed by atoms with E-state index in [2.05, 4.69) is 18.8 Å². The quantitative estimate of drug-likeness (QED) is 0.863. The number of hydrogen-bond donors (Lipinski definition) is 1. The van der Waals surface area contributed by atoms with Crippen LogP contribution in [0, 0.1) is 19.3 Å².